The van der Waals surface area contributed by atoms with Gasteiger partial charge in [0.05, 0.1) is 31.5 Å². The molecule has 0 fully saturated rings. The number of benzene rings is 2. The molecule has 0 radical (unpaired) electrons. The number of nitrogens with zero attached hydrogens (tertiary/aromatic N) is 3. The van der Waals surface area contributed by atoms with E-state index in [1.165, 1.54) is 27.9 Å². The number of nitrogens with one attached hydrogen (secondary N) is 1. The van der Waals surface area contributed by atoms with E-state index in [0.717, 1.165) is 11.1 Å². The lowest BCUT2D eigenvalue weighted by molar-refractivity contribution is -0.131. The number of aromatic nitrogens is 2. The van der Waals surface area contributed by atoms with Crippen molar-refractivity contribution in [2.24, 2.45) is 0 Å². The molecule has 1 heterocycles. The summed E-state index contributed by atoms with van der Waals surface area (Å²) in [5, 5.41) is 7.42. The Balaban J connectivity index is 1.38. The number of carbonyl (C=O) groups is 2. The van der Waals surface area contributed by atoms with Crippen LogP contribution in [0.2, 0.25) is 5.02 Å². The van der Waals surface area contributed by atoms with Crippen molar-refractivity contribution in [3.05, 3.63) is 70.8 Å². The predicted molar refractivity (Wildman–Crippen MR) is 131 cm³/mol. The number of hydrogen-bond acceptors (Lipinski definition) is 5. The SMILES string of the molecule is Cc1ccc(OCCC(=O)Nc2cnn(CC(=O)N(C)CCOc3ccc(C)c(Cl)c3)c2)c(F)c1. The van der Waals surface area contributed by atoms with E-state index in [1.807, 2.05) is 19.1 Å². The van der Waals surface area contributed by atoms with Crippen LogP contribution in [0.5, 0.6) is 11.5 Å². The van der Waals surface area contributed by atoms with Crippen LogP contribution in [-0.2, 0) is 16.1 Å². The summed E-state index contributed by atoms with van der Waals surface area (Å²) < 4.78 is 26.2. The van der Waals surface area contributed by atoms with Crippen LogP contribution in [0.4, 0.5) is 10.1 Å². The number of halogens is 2. The van der Waals surface area contributed by atoms with Crippen LogP contribution in [0.15, 0.2) is 48.8 Å². The van der Waals surface area contributed by atoms with Gasteiger partial charge in [0.1, 0.15) is 18.9 Å². The highest BCUT2D eigenvalue weighted by Gasteiger charge is 2.12. The maximum atomic E-state index is 13.8. The van der Waals surface area contributed by atoms with Crippen LogP contribution in [0.1, 0.15) is 17.5 Å². The van der Waals surface area contributed by atoms with Gasteiger partial charge in [0.2, 0.25) is 11.8 Å². The number of carbonyl (C=O) groups excluding carboxylic acids is 2. The van der Waals surface area contributed by atoms with Gasteiger partial charge in [0, 0.05) is 18.3 Å². The van der Waals surface area contributed by atoms with E-state index in [-0.39, 0.29) is 37.1 Å². The third-order valence-corrected chi connectivity index (χ3v) is 5.56. The van der Waals surface area contributed by atoms with Crippen LogP contribution in [0.25, 0.3) is 0 Å². The van der Waals surface area contributed by atoms with Crippen molar-refractivity contribution in [3.63, 3.8) is 0 Å². The summed E-state index contributed by atoms with van der Waals surface area (Å²) in [6.45, 7) is 4.43. The minimum Gasteiger partial charge on any atom is -0.492 e. The third-order valence-electron chi connectivity index (χ3n) is 5.15. The first-order valence-electron chi connectivity index (χ1n) is 11.1. The molecule has 1 aromatic heterocycles. The van der Waals surface area contributed by atoms with Crippen LogP contribution >= 0.6 is 11.6 Å². The van der Waals surface area contributed by atoms with Gasteiger partial charge in [-0.2, -0.15) is 5.10 Å². The first-order valence-corrected chi connectivity index (χ1v) is 11.4. The van der Waals surface area contributed by atoms with E-state index in [4.69, 9.17) is 21.1 Å². The lowest BCUT2D eigenvalue weighted by Gasteiger charge is -2.17. The van der Waals surface area contributed by atoms with E-state index < -0.39 is 5.82 Å². The summed E-state index contributed by atoms with van der Waals surface area (Å²) in [6.07, 6.45) is 3.05. The van der Waals surface area contributed by atoms with Crippen LogP contribution in [0, 0.1) is 19.7 Å². The number of hydrogen-bond donors (Lipinski definition) is 1. The average Bonchev–Trinajstić information content (AvgIpc) is 3.24. The van der Waals surface area contributed by atoms with E-state index in [9.17, 15) is 14.0 Å². The average molecular weight is 503 g/mol. The van der Waals surface area contributed by atoms with Gasteiger partial charge < -0.3 is 19.7 Å². The van der Waals surface area contributed by atoms with Crippen LogP contribution in [-0.4, -0.2) is 53.3 Å². The molecule has 10 heteroatoms. The summed E-state index contributed by atoms with van der Waals surface area (Å²) in [5.41, 5.74) is 2.20. The van der Waals surface area contributed by atoms with Crippen molar-refractivity contribution in [2.45, 2.75) is 26.8 Å². The highest BCUT2D eigenvalue weighted by molar-refractivity contribution is 6.31. The lowest BCUT2D eigenvalue weighted by atomic mass is 10.2. The molecule has 0 aliphatic carbocycles. The monoisotopic (exact) mass is 502 g/mol. The molecule has 0 aliphatic rings. The second-order valence-corrected chi connectivity index (χ2v) is 8.49. The predicted octanol–water partition coefficient (Wildman–Crippen LogP) is 4.24. The Morgan fingerprint density at radius 1 is 1.14 bits per heavy atom. The van der Waals surface area contributed by atoms with E-state index in [2.05, 4.69) is 10.4 Å². The number of ether oxygens (including phenoxy) is 2. The molecule has 1 N–H and O–H groups in total. The van der Waals surface area contributed by atoms with Crippen molar-refractivity contribution < 1.29 is 23.5 Å². The topological polar surface area (TPSA) is 85.7 Å². The summed E-state index contributed by atoms with van der Waals surface area (Å²) in [5.74, 6) is -0.193. The largest absolute Gasteiger partial charge is 0.492 e. The minimum absolute atomic E-state index is 0.0124. The number of likely N-dealkylation sites (N-methyl/N-ethyl adjacent to an activating group) is 1. The maximum absolute atomic E-state index is 13.8. The Hall–Kier alpha value is -3.59. The van der Waals surface area contributed by atoms with Gasteiger partial charge in [-0.1, -0.05) is 23.7 Å². The first-order chi connectivity index (χ1) is 16.7. The maximum Gasteiger partial charge on any atom is 0.244 e. The molecule has 186 valence electrons. The quantitative estimate of drug-likeness (QED) is 0.424. The van der Waals surface area contributed by atoms with Gasteiger partial charge >= 0.3 is 0 Å². The number of rotatable bonds is 11. The van der Waals surface area contributed by atoms with Crippen molar-refractivity contribution in [1.82, 2.24) is 14.7 Å². The molecule has 0 bridgehead atoms. The van der Waals surface area contributed by atoms with E-state index >= 15 is 0 Å². The Labute approximate surface area is 208 Å². The molecular formula is C25H28ClFN4O4. The minimum atomic E-state index is -0.465. The van der Waals surface area contributed by atoms with Gasteiger partial charge in [-0.15, -0.1) is 0 Å². The molecular weight excluding hydrogens is 475 g/mol. The summed E-state index contributed by atoms with van der Waals surface area (Å²) >= 11 is 6.09. The molecule has 0 atom stereocenters. The fourth-order valence-electron chi connectivity index (χ4n) is 3.06. The fourth-order valence-corrected chi connectivity index (χ4v) is 3.23. The molecule has 0 unspecified atom stereocenters. The Morgan fingerprint density at radius 2 is 1.94 bits per heavy atom. The third kappa shape index (κ3) is 7.99. The molecule has 3 aromatic rings. The van der Waals surface area contributed by atoms with Crippen molar-refractivity contribution in [3.8, 4) is 11.5 Å². The molecule has 3 rings (SSSR count). The smallest absolute Gasteiger partial charge is 0.244 e. The molecule has 2 amide bonds. The van der Waals surface area contributed by atoms with E-state index in [1.54, 1.807) is 32.3 Å². The van der Waals surface area contributed by atoms with Gasteiger partial charge in [0.15, 0.2) is 11.6 Å². The second-order valence-electron chi connectivity index (χ2n) is 8.08. The molecule has 2 aromatic carbocycles. The Bertz CT molecular complexity index is 1180. The molecule has 0 aliphatic heterocycles. The zero-order valence-electron chi connectivity index (χ0n) is 19.9. The fraction of sp³-hybridized carbons (Fsp3) is 0.320. The van der Waals surface area contributed by atoms with Crippen molar-refractivity contribution in [1.29, 1.82) is 0 Å². The van der Waals surface area contributed by atoms with Gasteiger partial charge in [0.25, 0.3) is 0 Å². The molecule has 8 nitrogen and oxygen atoms in total. The summed E-state index contributed by atoms with van der Waals surface area (Å²) in [6, 6.07) is 10.1. The van der Waals surface area contributed by atoms with Gasteiger partial charge in [-0.25, -0.2) is 4.39 Å². The second kappa shape index (κ2) is 12.2. The molecule has 0 spiro atoms. The first kappa shape index (κ1) is 26.0. The van der Waals surface area contributed by atoms with E-state index in [0.29, 0.717) is 29.6 Å². The zero-order valence-corrected chi connectivity index (χ0v) is 20.6. The molecule has 0 saturated carbocycles. The van der Waals surface area contributed by atoms with Gasteiger partial charge in [-0.05, 0) is 49.2 Å². The standard InChI is InChI=1S/C25H28ClFN4O4/c1-17-4-7-23(22(27)12-17)35-10-8-24(32)29-19-14-28-31(15-19)16-25(33)30(3)9-11-34-20-6-5-18(2)21(26)13-20/h4-7,12-15H,8-11,16H2,1-3H3,(H,29,32). The van der Waals surface area contributed by atoms with Crippen LogP contribution < -0.4 is 14.8 Å². The van der Waals surface area contributed by atoms with Gasteiger partial charge in [-0.3, -0.25) is 14.3 Å². The zero-order chi connectivity index (χ0) is 25.4. The number of anilines is 1. The summed E-state index contributed by atoms with van der Waals surface area (Å²) in [4.78, 5) is 26.1. The molecule has 35 heavy (non-hydrogen) atoms. The Morgan fingerprint density at radius 3 is 2.69 bits per heavy atom. The highest BCUT2D eigenvalue weighted by atomic mass is 35.5. The van der Waals surface area contributed by atoms with Crippen LogP contribution in [0.3, 0.4) is 0 Å². The lowest BCUT2D eigenvalue weighted by Crippen LogP contribution is -2.33. The van der Waals surface area contributed by atoms with Crippen molar-refractivity contribution in [2.75, 3.05) is 32.1 Å². The van der Waals surface area contributed by atoms with Crippen molar-refractivity contribution >= 4 is 29.1 Å². The molecule has 0 saturated heterocycles. The number of amides is 2. The normalized spacial score (nSPS) is 10.7. The summed E-state index contributed by atoms with van der Waals surface area (Å²) in [7, 11) is 1.68. The highest BCUT2D eigenvalue weighted by Crippen LogP contribution is 2.21. The Kier molecular flexibility index (Phi) is 9.08. The number of aryl methyl sites for hydroxylation is 2.